The van der Waals surface area contributed by atoms with Crippen molar-refractivity contribution in [2.75, 3.05) is 40.9 Å². The molecular formula is C64H131N2O6P. The summed E-state index contributed by atoms with van der Waals surface area (Å²) in [6, 6.07) is -0.795. The Morgan fingerprint density at radius 3 is 0.932 bits per heavy atom. The molecule has 0 aromatic rings. The molecule has 0 spiro atoms. The largest absolute Gasteiger partial charge is 0.756 e. The molecule has 0 radical (unpaired) electrons. The topological polar surface area (TPSA) is 108 Å². The van der Waals surface area contributed by atoms with E-state index in [9.17, 15) is 19.4 Å². The molecule has 0 aromatic heterocycles. The average molecular weight is 1060 g/mol. The van der Waals surface area contributed by atoms with Crippen LogP contribution >= 0.6 is 7.82 Å². The van der Waals surface area contributed by atoms with Gasteiger partial charge in [0.15, 0.2) is 0 Å². The predicted molar refractivity (Wildman–Crippen MR) is 316 cm³/mol. The van der Waals surface area contributed by atoms with E-state index in [4.69, 9.17) is 9.05 Å². The van der Waals surface area contributed by atoms with Crippen molar-refractivity contribution < 1.29 is 32.9 Å². The molecule has 1 unspecified atom stereocenters. The molecule has 0 aliphatic rings. The summed E-state index contributed by atoms with van der Waals surface area (Å²) in [5.41, 5.74) is 0. The second-order valence-corrected chi connectivity index (χ2v) is 25.6. The van der Waals surface area contributed by atoms with Crippen molar-refractivity contribution in [2.45, 2.75) is 366 Å². The summed E-state index contributed by atoms with van der Waals surface area (Å²) < 4.78 is 23.5. The standard InChI is InChI=1S/C64H131N2O6P/c1-6-8-10-12-14-16-18-20-22-24-25-26-27-28-29-30-31-32-33-34-35-36-37-38-39-40-41-42-44-46-48-50-52-54-56-58-64(68)65-62(61-72-73(69,70)71-60-59-66(3,4)5)63(67)57-55-53-51-49-47-45-43-23-21-19-17-15-13-11-9-7-2/h62-63,67H,6-61H2,1-5H3,(H-,65,68,69,70)/t62-,63+/m0/s1. The first-order chi connectivity index (χ1) is 35.5. The molecular weight excluding hydrogens is 924 g/mol. The van der Waals surface area contributed by atoms with Crippen LogP contribution in [0.3, 0.4) is 0 Å². The summed E-state index contributed by atoms with van der Waals surface area (Å²) >= 11 is 0. The van der Waals surface area contributed by atoms with E-state index in [0.29, 0.717) is 23.9 Å². The van der Waals surface area contributed by atoms with Gasteiger partial charge in [-0.05, 0) is 12.8 Å². The maximum Gasteiger partial charge on any atom is 0.268 e. The second kappa shape index (κ2) is 56.2. The molecule has 0 saturated heterocycles. The first kappa shape index (κ1) is 72.5. The molecule has 2 N–H and O–H groups in total. The third kappa shape index (κ3) is 59.0. The fourth-order valence-corrected chi connectivity index (χ4v) is 11.2. The zero-order chi connectivity index (χ0) is 53.5. The maximum atomic E-state index is 13.0. The molecule has 73 heavy (non-hydrogen) atoms. The molecule has 0 bridgehead atoms. The highest BCUT2D eigenvalue weighted by Gasteiger charge is 2.24. The number of aliphatic hydroxyl groups is 1. The van der Waals surface area contributed by atoms with Gasteiger partial charge in [0.2, 0.25) is 5.91 Å². The van der Waals surface area contributed by atoms with Gasteiger partial charge in [-0.15, -0.1) is 0 Å². The number of carbonyl (C=O) groups excluding carboxylic acids is 1. The maximum absolute atomic E-state index is 13.0. The first-order valence-electron chi connectivity index (χ1n) is 32.9. The Balaban J connectivity index is 3.89. The molecule has 8 nitrogen and oxygen atoms in total. The van der Waals surface area contributed by atoms with Gasteiger partial charge in [-0.1, -0.05) is 335 Å². The summed E-state index contributed by atoms with van der Waals surface area (Å²) in [6.07, 6.45) is 68.9. The van der Waals surface area contributed by atoms with Crippen molar-refractivity contribution in [1.29, 1.82) is 0 Å². The molecule has 0 rings (SSSR count). The molecule has 0 aliphatic carbocycles. The fraction of sp³-hybridized carbons (Fsp3) is 0.984. The van der Waals surface area contributed by atoms with Gasteiger partial charge < -0.3 is 28.8 Å². The van der Waals surface area contributed by atoms with Gasteiger partial charge in [0.25, 0.3) is 7.82 Å². The zero-order valence-electron chi connectivity index (χ0n) is 50.1. The van der Waals surface area contributed by atoms with Crippen LogP contribution < -0.4 is 10.2 Å². The molecule has 438 valence electrons. The number of hydrogen-bond acceptors (Lipinski definition) is 6. The average Bonchev–Trinajstić information content (AvgIpc) is 3.35. The van der Waals surface area contributed by atoms with Gasteiger partial charge in [-0.2, -0.15) is 0 Å². The number of amides is 1. The van der Waals surface area contributed by atoms with Crippen molar-refractivity contribution in [3.8, 4) is 0 Å². The van der Waals surface area contributed by atoms with Crippen molar-refractivity contribution in [3.05, 3.63) is 0 Å². The highest BCUT2D eigenvalue weighted by atomic mass is 31.2. The van der Waals surface area contributed by atoms with Crippen LogP contribution in [0.5, 0.6) is 0 Å². The van der Waals surface area contributed by atoms with Crippen LogP contribution in [0.25, 0.3) is 0 Å². The quantitative estimate of drug-likeness (QED) is 0.0357. The van der Waals surface area contributed by atoms with Crippen LogP contribution in [-0.2, 0) is 18.4 Å². The van der Waals surface area contributed by atoms with E-state index in [1.807, 2.05) is 21.1 Å². The van der Waals surface area contributed by atoms with Crippen LogP contribution in [0, 0.1) is 0 Å². The molecule has 0 heterocycles. The summed E-state index contributed by atoms with van der Waals surface area (Å²) in [5, 5.41) is 14.0. The third-order valence-electron chi connectivity index (χ3n) is 15.6. The lowest BCUT2D eigenvalue weighted by Gasteiger charge is -2.30. The second-order valence-electron chi connectivity index (χ2n) is 24.2. The number of unbranched alkanes of at least 4 members (excludes halogenated alkanes) is 49. The van der Waals surface area contributed by atoms with Crippen LogP contribution in [-0.4, -0.2) is 68.5 Å². The number of hydrogen-bond donors (Lipinski definition) is 2. The molecule has 0 saturated carbocycles. The number of aliphatic hydroxyl groups excluding tert-OH is 1. The van der Waals surface area contributed by atoms with Crippen molar-refractivity contribution in [2.24, 2.45) is 0 Å². The van der Waals surface area contributed by atoms with Crippen molar-refractivity contribution >= 4 is 13.7 Å². The summed E-state index contributed by atoms with van der Waals surface area (Å²) in [6.45, 7) is 4.78. The first-order valence-corrected chi connectivity index (χ1v) is 34.3. The van der Waals surface area contributed by atoms with Crippen molar-refractivity contribution in [1.82, 2.24) is 5.32 Å². The predicted octanol–water partition coefficient (Wildman–Crippen LogP) is 19.8. The number of phosphoric acid groups is 1. The minimum absolute atomic E-state index is 0.0167. The Kier molecular flexibility index (Phi) is 55.8. The Morgan fingerprint density at radius 2 is 0.671 bits per heavy atom. The molecule has 0 aromatic carbocycles. The minimum atomic E-state index is -4.57. The third-order valence-corrected chi connectivity index (χ3v) is 16.6. The normalized spacial score (nSPS) is 13.7. The van der Waals surface area contributed by atoms with Gasteiger partial charge >= 0.3 is 0 Å². The number of nitrogens with zero attached hydrogens (tertiary/aromatic N) is 1. The Labute approximate surface area is 457 Å². The SMILES string of the molecule is CCCCCCCCCCCCCCCCCCCCCCCCCCCCCCCCCCCCCC(=O)N[C@@H](COP(=O)([O-])OCC[N+](C)(C)C)[C@H](O)CCCCCCCCCCCCCCCCCC. The van der Waals surface area contributed by atoms with Crippen LogP contribution in [0.2, 0.25) is 0 Å². The van der Waals surface area contributed by atoms with Gasteiger partial charge in [0.1, 0.15) is 13.2 Å². The van der Waals surface area contributed by atoms with E-state index < -0.39 is 20.0 Å². The summed E-state index contributed by atoms with van der Waals surface area (Å²) in [4.78, 5) is 25.6. The number of carbonyl (C=O) groups is 1. The molecule has 3 atom stereocenters. The van der Waals surface area contributed by atoms with Crippen LogP contribution in [0.15, 0.2) is 0 Å². The highest BCUT2D eigenvalue weighted by Crippen LogP contribution is 2.38. The Bertz CT molecular complexity index is 1150. The summed E-state index contributed by atoms with van der Waals surface area (Å²) in [5.74, 6) is -0.155. The lowest BCUT2D eigenvalue weighted by atomic mass is 10.0. The lowest BCUT2D eigenvalue weighted by Crippen LogP contribution is -2.46. The van der Waals surface area contributed by atoms with Gasteiger partial charge in [0, 0.05) is 6.42 Å². The molecule has 0 fully saturated rings. The van der Waals surface area contributed by atoms with E-state index >= 15 is 0 Å². The van der Waals surface area contributed by atoms with E-state index in [0.717, 1.165) is 38.5 Å². The molecule has 1 amide bonds. The van der Waals surface area contributed by atoms with E-state index in [-0.39, 0.29) is 19.1 Å². The smallest absolute Gasteiger partial charge is 0.268 e. The Morgan fingerprint density at radius 1 is 0.425 bits per heavy atom. The summed E-state index contributed by atoms with van der Waals surface area (Å²) in [7, 11) is 1.33. The minimum Gasteiger partial charge on any atom is -0.756 e. The molecule has 9 heteroatoms. The number of rotatable bonds is 62. The van der Waals surface area contributed by atoms with Gasteiger partial charge in [0.05, 0.1) is 39.9 Å². The van der Waals surface area contributed by atoms with Crippen LogP contribution in [0.4, 0.5) is 0 Å². The Hall–Kier alpha value is -0.500. The number of likely N-dealkylation sites (N-methyl/N-ethyl adjacent to an activating group) is 1. The van der Waals surface area contributed by atoms with E-state index in [2.05, 4.69) is 19.2 Å². The van der Waals surface area contributed by atoms with Gasteiger partial charge in [-0.25, -0.2) is 0 Å². The monoisotopic (exact) mass is 1050 g/mol. The molecule has 0 aliphatic heterocycles. The highest BCUT2D eigenvalue weighted by molar-refractivity contribution is 7.45. The van der Waals surface area contributed by atoms with E-state index in [1.54, 1.807) is 0 Å². The van der Waals surface area contributed by atoms with Crippen molar-refractivity contribution in [3.63, 3.8) is 0 Å². The number of nitrogens with one attached hydrogen (secondary N) is 1. The van der Waals surface area contributed by atoms with Gasteiger partial charge in [-0.3, -0.25) is 9.36 Å². The number of quaternary nitrogens is 1. The lowest BCUT2D eigenvalue weighted by molar-refractivity contribution is -0.870. The zero-order valence-corrected chi connectivity index (χ0v) is 51.0. The fourth-order valence-electron chi connectivity index (χ4n) is 10.5. The van der Waals surface area contributed by atoms with Crippen LogP contribution in [0.1, 0.15) is 354 Å². The number of phosphoric ester groups is 1. The van der Waals surface area contributed by atoms with E-state index in [1.165, 1.54) is 289 Å².